The summed E-state index contributed by atoms with van der Waals surface area (Å²) in [6.07, 6.45) is -9.86. The van der Waals surface area contributed by atoms with E-state index in [4.69, 9.17) is 14.2 Å². The van der Waals surface area contributed by atoms with Crippen LogP contribution in [0.3, 0.4) is 0 Å². The number of halogens is 6. The van der Waals surface area contributed by atoms with E-state index in [1.54, 1.807) is 60.7 Å². The van der Waals surface area contributed by atoms with Crippen LogP contribution in [0.2, 0.25) is 0 Å². The van der Waals surface area contributed by atoms with Crippen LogP contribution in [-0.4, -0.2) is 34.2 Å². The maximum atomic E-state index is 13.8. The highest BCUT2D eigenvalue weighted by Gasteiger charge is 2.47. The van der Waals surface area contributed by atoms with Crippen LogP contribution < -0.4 is 0 Å². The average molecular weight is 617 g/mol. The molecule has 42 heavy (non-hydrogen) atoms. The zero-order valence-corrected chi connectivity index (χ0v) is 23.5. The fourth-order valence-electron chi connectivity index (χ4n) is 4.98. The number of alkyl halides is 6. The van der Waals surface area contributed by atoms with E-state index in [2.05, 4.69) is 0 Å². The standard InChI is InChI=1S/C30H30F6O5S/c1-28(40-18-19-9-5-3-6-10-19,21-15-22(29(31,32)33)17-23(16-21)30(34,35)36)41-27-25(20-11-7-4-8-12-20)24(13-14-39-27)26(37)42(2)38/h3-12,15-17,24-27,37H,13-14,18H2,1-2H3/t24-,25+,26?,27?,28?,42?/m0/s1. The molecule has 5 nitrogen and oxygen atoms in total. The van der Waals surface area contributed by atoms with Crippen LogP contribution in [0.1, 0.15) is 47.1 Å². The fourth-order valence-corrected chi connectivity index (χ4v) is 5.78. The predicted molar refractivity (Wildman–Crippen MR) is 143 cm³/mol. The predicted octanol–water partition coefficient (Wildman–Crippen LogP) is 6.97. The molecule has 4 unspecified atom stereocenters. The number of benzene rings is 3. The molecule has 1 heterocycles. The summed E-state index contributed by atoms with van der Waals surface area (Å²) in [6.45, 7) is 1.04. The van der Waals surface area contributed by atoms with Crippen molar-refractivity contribution in [1.82, 2.24) is 0 Å². The van der Waals surface area contributed by atoms with Gasteiger partial charge in [0.2, 0.25) is 5.44 Å². The van der Waals surface area contributed by atoms with Crippen LogP contribution >= 0.6 is 0 Å². The first-order valence-electron chi connectivity index (χ1n) is 13.0. The first-order chi connectivity index (χ1) is 19.7. The maximum Gasteiger partial charge on any atom is 0.416 e. The molecule has 1 fully saturated rings. The van der Waals surface area contributed by atoms with Crippen molar-refractivity contribution in [1.29, 1.82) is 0 Å². The van der Waals surface area contributed by atoms with Crippen LogP contribution in [0.4, 0.5) is 26.3 Å². The minimum Gasteiger partial charge on any atom is -0.615 e. The lowest BCUT2D eigenvalue weighted by atomic mass is 9.82. The van der Waals surface area contributed by atoms with Crippen molar-refractivity contribution >= 4 is 11.2 Å². The van der Waals surface area contributed by atoms with Crippen LogP contribution in [0.25, 0.3) is 0 Å². The van der Waals surface area contributed by atoms with Crippen molar-refractivity contribution in [2.24, 2.45) is 5.92 Å². The SMILES string of the molecule is C[S+]([O-])C(O)[C@H]1CCOC(OC(C)(OCc2ccccc2)c2cc(C(F)(F)F)cc(C(F)(F)F)c2)[C@@H]1c1ccccc1. The lowest BCUT2D eigenvalue weighted by Crippen LogP contribution is -2.47. The van der Waals surface area contributed by atoms with Crippen LogP contribution in [0, 0.1) is 5.92 Å². The molecule has 1 aliphatic rings. The minimum atomic E-state index is -5.09. The molecule has 3 aromatic rings. The number of rotatable bonds is 9. The van der Waals surface area contributed by atoms with E-state index in [1.807, 2.05) is 0 Å². The minimum absolute atomic E-state index is 0.0259. The maximum absolute atomic E-state index is 13.8. The second-order valence-electron chi connectivity index (χ2n) is 10.1. The lowest BCUT2D eigenvalue weighted by molar-refractivity contribution is -0.331. The normalized spacial score (nSPS) is 22.8. The number of hydrogen-bond acceptors (Lipinski definition) is 5. The van der Waals surface area contributed by atoms with E-state index >= 15 is 0 Å². The Morgan fingerprint density at radius 1 is 0.905 bits per heavy atom. The second-order valence-corrected chi connectivity index (χ2v) is 11.6. The number of aliphatic hydroxyl groups is 1. The van der Waals surface area contributed by atoms with Gasteiger partial charge in [-0.2, -0.15) is 26.3 Å². The number of ether oxygens (including phenoxy) is 3. The Balaban J connectivity index is 1.82. The molecule has 4 rings (SSSR count). The van der Waals surface area contributed by atoms with Crippen LogP contribution in [-0.2, 0) is 50.1 Å². The van der Waals surface area contributed by atoms with Gasteiger partial charge in [0.1, 0.15) is 0 Å². The molecular weight excluding hydrogens is 586 g/mol. The Kier molecular flexibility index (Phi) is 9.96. The molecule has 0 radical (unpaired) electrons. The van der Waals surface area contributed by atoms with E-state index in [1.165, 1.54) is 13.2 Å². The first kappa shape index (κ1) is 32.3. The Morgan fingerprint density at radius 2 is 1.43 bits per heavy atom. The van der Waals surface area contributed by atoms with Gasteiger partial charge in [0.05, 0.1) is 30.6 Å². The summed E-state index contributed by atoms with van der Waals surface area (Å²) in [5, 5.41) is 10.8. The summed E-state index contributed by atoms with van der Waals surface area (Å²) < 4.78 is 113. The molecule has 1 aliphatic heterocycles. The Morgan fingerprint density at radius 3 is 1.95 bits per heavy atom. The monoisotopic (exact) mass is 616 g/mol. The quantitative estimate of drug-likeness (QED) is 0.160. The topological polar surface area (TPSA) is 71.0 Å². The molecular formula is C30H30F6O5S. The van der Waals surface area contributed by atoms with Gasteiger partial charge in [-0.15, -0.1) is 0 Å². The highest BCUT2D eigenvalue weighted by Crippen LogP contribution is 2.45. The summed E-state index contributed by atoms with van der Waals surface area (Å²) in [5.74, 6) is -3.64. The van der Waals surface area contributed by atoms with Gasteiger partial charge in [-0.05, 0) is 53.8 Å². The van der Waals surface area contributed by atoms with Gasteiger partial charge in [0, 0.05) is 17.4 Å². The van der Waals surface area contributed by atoms with Crippen molar-refractivity contribution in [2.45, 2.75) is 55.7 Å². The summed E-state index contributed by atoms with van der Waals surface area (Å²) >= 11 is -1.67. The molecule has 1 saturated heterocycles. The van der Waals surface area contributed by atoms with Crippen LogP contribution in [0.5, 0.6) is 0 Å². The van der Waals surface area contributed by atoms with Gasteiger partial charge >= 0.3 is 12.4 Å². The van der Waals surface area contributed by atoms with Crippen molar-refractivity contribution in [3.63, 3.8) is 0 Å². The van der Waals surface area contributed by atoms with Crippen molar-refractivity contribution in [3.05, 3.63) is 107 Å². The van der Waals surface area contributed by atoms with Crippen molar-refractivity contribution in [3.8, 4) is 0 Å². The molecule has 228 valence electrons. The fraction of sp³-hybridized carbons (Fsp3) is 0.400. The van der Waals surface area contributed by atoms with Crippen LogP contribution in [0.15, 0.2) is 78.9 Å². The third-order valence-corrected chi connectivity index (χ3v) is 8.22. The lowest BCUT2D eigenvalue weighted by Gasteiger charge is -2.43. The van der Waals surface area contributed by atoms with Gasteiger partial charge in [-0.3, -0.25) is 0 Å². The summed E-state index contributed by atoms with van der Waals surface area (Å²) in [7, 11) is 0. The van der Waals surface area contributed by atoms with E-state index in [0.717, 1.165) is 0 Å². The summed E-state index contributed by atoms with van der Waals surface area (Å²) in [5.41, 5.74) is -3.67. The van der Waals surface area contributed by atoms with Gasteiger partial charge < -0.3 is 23.9 Å². The Labute approximate surface area is 242 Å². The summed E-state index contributed by atoms with van der Waals surface area (Å²) in [6, 6.07) is 18.3. The highest BCUT2D eigenvalue weighted by atomic mass is 32.2. The third-order valence-electron chi connectivity index (χ3n) is 7.19. The van der Waals surface area contributed by atoms with Gasteiger partial charge in [-0.1, -0.05) is 60.7 Å². The highest BCUT2D eigenvalue weighted by molar-refractivity contribution is 7.91. The Bertz CT molecular complexity index is 1270. The third kappa shape index (κ3) is 7.66. The largest absolute Gasteiger partial charge is 0.615 e. The van der Waals surface area contributed by atoms with Gasteiger partial charge in [0.15, 0.2) is 12.1 Å². The molecule has 0 bridgehead atoms. The zero-order chi connectivity index (χ0) is 30.7. The molecule has 3 aromatic carbocycles. The molecule has 0 aromatic heterocycles. The first-order valence-corrected chi connectivity index (χ1v) is 14.6. The van der Waals surface area contributed by atoms with Gasteiger partial charge in [-0.25, -0.2) is 0 Å². The van der Waals surface area contributed by atoms with Crippen molar-refractivity contribution in [2.75, 3.05) is 12.9 Å². The Hall–Kier alpha value is -2.61. The van der Waals surface area contributed by atoms with E-state index < -0.39 is 69.6 Å². The van der Waals surface area contributed by atoms with E-state index in [-0.39, 0.29) is 25.7 Å². The van der Waals surface area contributed by atoms with E-state index in [9.17, 15) is 36.0 Å². The zero-order valence-electron chi connectivity index (χ0n) is 22.7. The molecule has 0 amide bonds. The molecule has 0 saturated carbocycles. The number of aliphatic hydroxyl groups excluding tert-OH is 1. The second kappa shape index (κ2) is 12.9. The molecule has 1 N–H and O–H groups in total. The molecule has 6 atom stereocenters. The molecule has 12 heteroatoms. The van der Waals surface area contributed by atoms with E-state index in [0.29, 0.717) is 23.3 Å². The number of hydrogen-bond donors (Lipinski definition) is 1. The average Bonchev–Trinajstić information content (AvgIpc) is 2.95. The smallest absolute Gasteiger partial charge is 0.416 e. The molecule has 0 aliphatic carbocycles. The summed E-state index contributed by atoms with van der Waals surface area (Å²) in [4.78, 5) is 0. The molecule has 0 spiro atoms. The van der Waals surface area contributed by atoms with Gasteiger partial charge in [0.25, 0.3) is 0 Å². The van der Waals surface area contributed by atoms with Crippen molar-refractivity contribution < 1.29 is 50.2 Å².